The maximum absolute atomic E-state index is 15.9. The summed E-state index contributed by atoms with van der Waals surface area (Å²) in [5.41, 5.74) is 3.13. The summed E-state index contributed by atoms with van der Waals surface area (Å²) in [4.78, 5) is 38.1. The van der Waals surface area contributed by atoms with Gasteiger partial charge in [-0.3, -0.25) is 14.6 Å². The predicted molar refractivity (Wildman–Crippen MR) is 152 cm³/mol. The molecule has 3 aromatic heterocycles. The van der Waals surface area contributed by atoms with E-state index in [1.807, 2.05) is 20.2 Å². The molecule has 1 N–H and O–H groups in total. The van der Waals surface area contributed by atoms with Crippen LogP contribution in [-0.4, -0.2) is 74.6 Å². The molecular weight excluding hydrogens is 548 g/mol. The van der Waals surface area contributed by atoms with Crippen molar-refractivity contribution in [2.45, 2.75) is 38.6 Å². The lowest BCUT2D eigenvalue weighted by molar-refractivity contribution is -0.114. The van der Waals surface area contributed by atoms with E-state index in [4.69, 9.17) is 5.10 Å². The van der Waals surface area contributed by atoms with E-state index in [0.717, 1.165) is 46.7 Å². The molecule has 0 atom stereocenters. The average Bonchev–Trinajstić information content (AvgIpc) is 3.55. The summed E-state index contributed by atoms with van der Waals surface area (Å²) in [6.07, 6.45) is 6.05. The first kappa shape index (κ1) is 27.2. The van der Waals surface area contributed by atoms with Crippen molar-refractivity contribution in [3.05, 3.63) is 65.1 Å². The van der Waals surface area contributed by atoms with Crippen LogP contribution < -0.4 is 5.32 Å². The molecule has 0 bridgehead atoms. The molecule has 9 nitrogen and oxygen atoms in total. The minimum atomic E-state index is -0.812. The molecule has 2 amide bonds. The number of hydrogen-bond acceptors (Lipinski definition) is 7. The number of carbonyl (C=O) groups is 2. The van der Waals surface area contributed by atoms with Gasteiger partial charge in [-0.15, -0.1) is 0 Å². The van der Waals surface area contributed by atoms with Crippen LogP contribution >= 0.6 is 11.3 Å². The van der Waals surface area contributed by atoms with Crippen molar-refractivity contribution in [3.8, 4) is 27.5 Å². The Morgan fingerprint density at radius 1 is 1.12 bits per heavy atom. The number of rotatable bonds is 5. The lowest BCUT2D eigenvalue weighted by atomic mass is 9.95. The summed E-state index contributed by atoms with van der Waals surface area (Å²) in [6, 6.07) is 6.02. The maximum Gasteiger partial charge on any atom is 0.256 e. The van der Waals surface area contributed by atoms with E-state index >= 15 is 8.78 Å². The number of aromatic nitrogens is 4. The number of benzene rings is 1. The number of amides is 2. The fourth-order valence-corrected chi connectivity index (χ4v) is 6.72. The van der Waals surface area contributed by atoms with E-state index in [0.29, 0.717) is 48.5 Å². The minimum Gasteiger partial charge on any atom is -0.338 e. The number of piperidine rings is 1. The highest BCUT2D eigenvalue weighted by atomic mass is 32.1. The number of halogens is 2. The van der Waals surface area contributed by atoms with Crippen LogP contribution in [0.5, 0.6) is 0 Å². The summed E-state index contributed by atoms with van der Waals surface area (Å²) < 4.78 is 32.8. The first-order valence-electron chi connectivity index (χ1n) is 13.5. The van der Waals surface area contributed by atoms with E-state index in [1.54, 1.807) is 23.4 Å². The van der Waals surface area contributed by atoms with E-state index in [9.17, 15) is 9.59 Å². The summed E-state index contributed by atoms with van der Waals surface area (Å²) in [7, 11) is 4.00. The normalized spacial score (nSPS) is 15.1. The molecule has 1 aromatic carbocycles. The smallest absolute Gasteiger partial charge is 0.256 e. The largest absolute Gasteiger partial charge is 0.338 e. The van der Waals surface area contributed by atoms with Crippen LogP contribution in [0.3, 0.4) is 0 Å². The van der Waals surface area contributed by atoms with Gasteiger partial charge in [0.15, 0.2) is 5.13 Å². The van der Waals surface area contributed by atoms with Gasteiger partial charge in [0.1, 0.15) is 17.3 Å². The summed E-state index contributed by atoms with van der Waals surface area (Å²) in [5.74, 6) is -2.35. The van der Waals surface area contributed by atoms with Gasteiger partial charge in [-0.25, -0.2) is 18.4 Å². The van der Waals surface area contributed by atoms with Crippen molar-refractivity contribution in [2.75, 3.05) is 32.5 Å². The number of hydrogen-bond donors (Lipinski definition) is 1. The molecule has 4 aromatic rings. The van der Waals surface area contributed by atoms with Gasteiger partial charge in [0, 0.05) is 55.6 Å². The third-order valence-electron chi connectivity index (χ3n) is 7.70. The third-order valence-corrected chi connectivity index (χ3v) is 8.72. The van der Waals surface area contributed by atoms with E-state index in [-0.39, 0.29) is 17.2 Å². The van der Waals surface area contributed by atoms with Gasteiger partial charge >= 0.3 is 0 Å². The van der Waals surface area contributed by atoms with Gasteiger partial charge in [-0.2, -0.15) is 5.10 Å². The van der Waals surface area contributed by atoms with Crippen LogP contribution in [0.25, 0.3) is 27.5 Å². The second kappa shape index (κ2) is 10.7. The van der Waals surface area contributed by atoms with Gasteiger partial charge in [0.25, 0.3) is 5.91 Å². The highest BCUT2D eigenvalue weighted by Crippen LogP contribution is 2.44. The number of nitrogens with one attached hydrogen (secondary N) is 1. The van der Waals surface area contributed by atoms with Crippen LogP contribution in [0.4, 0.5) is 13.9 Å². The molecule has 41 heavy (non-hydrogen) atoms. The Kier molecular flexibility index (Phi) is 7.12. The molecule has 1 aliphatic carbocycles. The Labute approximate surface area is 239 Å². The molecule has 1 aliphatic heterocycles. The molecule has 4 heterocycles. The van der Waals surface area contributed by atoms with Crippen LogP contribution in [0.15, 0.2) is 36.7 Å². The second-order valence-electron chi connectivity index (χ2n) is 10.6. The molecular formula is C29H29F2N7O2S. The first-order chi connectivity index (χ1) is 19.7. The first-order valence-corrected chi connectivity index (χ1v) is 14.3. The van der Waals surface area contributed by atoms with Crippen molar-refractivity contribution < 1.29 is 18.4 Å². The number of aryl methyl sites for hydroxylation is 1. The molecule has 212 valence electrons. The van der Waals surface area contributed by atoms with Gasteiger partial charge in [-0.1, -0.05) is 11.3 Å². The minimum absolute atomic E-state index is 0.112. The Bertz CT molecular complexity index is 1640. The third kappa shape index (κ3) is 5.02. The molecule has 6 rings (SSSR count). The zero-order chi connectivity index (χ0) is 28.8. The van der Waals surface area contributed by atoms with E-state index < -0.39 is 17.5 Å². The molecule has 0 spiro atoms. The fourth-order valence-electron chi connectivity index (χ4n) is 5.60. The number of anilines is 1. The number of likely N-dealkylation sites (tertiary alicyclic amines) is 1. The van der Waals surface area contributed by atoms with E-state index in [2.05, 4.69) is 20.2 Å². The summed E-state index contributed by atoms with van der Waals surface area (Å²) in [6.45, 7) is 2.37. The molecule has 1 fully saturated rings. The van der Waals surface area contributed by atoms with Crippen LogP contribution in [0, 0.1) is 11.6 Å². The summed E-state index contributed by atoms with van der Waals surface area (Å²) in [5, 5.41) is 7.90. The van der Waals surface area contributed by atoms with Gasteiger partial charge in [-0.05, 0) is 58.0 Å². The van der Waals surface area contributed by atoms with E-state index in [1.165, 1.54) is 22.9 Å². The highest BCUT2D eigenvalue weighted by Gasteiger charge is 2.32. The van der Waals surface area contributed by atoms with Crippen molar-refractivity contribution in [1.82, 2.24) is 29.5 Å². The monoisotopic (exact) mass is 577 g/mol. The predicted octanol–water partition coefficient (Wildman–Crippen LogP) is 4.56. The maximum atomic E-state index is 15.9. The Hall–Kier alpha value is -4.03. The Balaban J connectivity index is 1.43. The number of thiazole rings is 1. The molecule has 0 radical (unpaired) electrons. The summed E-state index contributed by atoms with van der Waals surface area (Å²) >= 11 is 1.26. The van der Waals surface area contributed by atoms with Gasteiger partial charge in [0.2, 0.25) is 5.91 Å². The van der Waals surface area contributed by atoms with Gasteiger partial charge in [0.05, 0.1) is 27.5 Å². The number of fused-ring (bicyclic) bond motifs is 3. The Morgan fingerprint density at radius 2 is 1.90 bits per heavy atom. The second-order valence-corrected chi connectivity index (χ2v) is 11.6. The molecule has 1 saturated heterocycles. The molecule has 2 aliphatic rings. The SMILES string of the molecule is CC(=O)Nc1nc2c(s1)-c1c(c(-c3cccnc3)nn1-c1cc(F)c(C(=O)N3CCC(N(C)C)CC3)cc1F)CC2. The van der Waals surface area contributed by atoms with Crippen molar-refractivity contribution in [1.29, 1.82) is 0 Å². The quantitative estimate of drug-likeness (QED) is 0.374. The van der Waals surface area contributed by atoms with Gasteiger partial charge < -0.3 is 15.1 Å². The van der Waals surface area contributed by atoms with Crippen molar-refractivity contribution in [2.24, 2.45) is 0 Å². The number of pyridine rings is 1. The van der Waals surface area contributed by atoms with Crippen molar-refractivity contribution in [3.63, 3.8) is 0 Å². The lowest BCUT2D eigenvalue weighted by Crippen LogP contribution is -2.44. The topological polar surface area (TPSA) is 96.2 Å². The average molecular weight is 578 g/mol. The van der Waals surface area contributed by atoms with Crippen molar-refractivity contribution >= 4 is 28.3 Å². The number of carbonyl (C=O) groups excluding carboxylic acids is 2. The Morgan fingerprint density at radius 3 is 2.59 bits per heavy atom. The molecule has 0 unspecified atom stereocenters. The lowest BCUT2D eigenvalue weighted by Gasteiger charge is -2.35. The fraction of sp³-hybridized carbons (Fsp3) is 0.345. The zero-order valence-corrected chi connectivity index (χ0v) is 23.8. The number of nitrogens with zero attached hydrogens (tertiary/aromatic N) is 6. The van der Waals surface area contributed by atoms with Crippen LogP contribution in [0.2, 0.25) is 0 Å². The standard InChI is InChI=1S/C29H29F2N7O2S/c1-16(39)33-29-34-23-7-6-19-25(17-5-4-10-32-15-17)35-38(26(19)27(23)41-29)24-14-21(30)20(13-22(24)31)28(40)37-11-8-18(9-12-37)36(2)3/h4-5,10,13-15,18H,6-9,11-12H2,1-3H3,(H,33,34,39). The van der Waals surface area contributed by atoms with Crippen LogP contribution in [0.1, 0.15) is 41.4 Å². The van der Waals surface area contributed by atoms with Crippen LogP contribution in [-0.2, 0) is 17.6 Å². The highest BCUT2D eigenvalue weighted by molar-refractivity contribution is 7.19. The molecule has 12 heteroatoms. The zero-order valence-electron chi connectivity index (χ0n) is 22.9. The molecule has 0 saturated carbocycles.